The maximum Gasteiger partial charge on any atom is 0.316 e. The van der Waals surface area contributed by atoms with Crippen LogP contribution in [0.1, 0.15) is 0 Å². The van der Waals surface area contributed by atoms with Gasteiger partial charge in [-0.25, -0.2) is 4.98 Å². The van der Waals surface area contributed by atoms with Crippen LogP contribution >= 0.6 is 22.9 Å². The number of carboxylic acid groups (broad SMARTS) is 1. The smallest absolute Gasteiger partial charge is 0.316 e. The molecule has 66 valence electrons. The van der Waals surface area contributed by atoms with Gasteiger partial charge in [-0.1, -0.05) is 11.6 Å². The SMILES string of the molecule is O=C(O)CS(=O)c1csc(Cl)n1. The Bertz CT molecular complexity index is 324. The van der Waals surface area contributed by atoms with Crippen molar-refractivity contribution in [3.63, 3.8) is 0 Å². The average Bonchev–Trinajstić information content (AvgIpc) is 2.34. The van der Waals surface area contributed by atoms with Crippen LogP contribution in [0.5, 0.6) is 0 Å². The Labute approximate surface area is 79.7 Å². The molecule has 0 bridgehead atoms. The molecule has 1 unspecified atom stereocenters. The molecular weight excluding hydrogens is 222 g/mol. The highest BCUT2D eigenvalue weighted by molar-refractivity contribution is 7.85. The van der Waals surface area contributed by atoms with Gasteiger partial charge in [-0.2, -0.15) is 0 Å². The molecule has 0 radical (unpaired) electrons. The van der Waals surface area contributed by atoms with E-state index in [0.717, 1.165) is 11.3 Å². The van der Waals surface area contributed by atoms with Gasteiger partial charge in [-0.05, 0) is 0 Å². The van der Waals surface area contributed by atoms with Crippen molar-refractivity contribution in [3.8, 4) is 0 Å². The minimum atomic E-state index is -1.58. The second-order valence-electron chi connectivity index (χ2n) is 1.82. The van der Waals surface area contributed by atoms with Crippen molar-refractivity contribution in [2.45, 2.75) is 5.03 Å². The molecule has 0 fully saturated rings. The number of rotatable bonds is 3. The molecule has 1 N–H and O–H groups in total. The van der Waals surface area contributed by atoms with Gasteiger partial charge in [0, 0.05) is 5.38 Å². The molecule has 0 aliphatic rings. The van der Waals surface area contributed by atoms with Gasteiger partial charge in [0.1, 0.15) is 10.8 Å². The molecule has 0 aliphatic heterocycles. The lowest BCUT2D eigenvalue weighted by atomic mass is 10.8. The van der Waals surface area contributed by atoms with Crippen molar-refractivity contribution >= 4 is 39.7 Å². The highest BCUT2D eigenvalue weighted by atomic mass is 35.5. The first-order valence-electron chi connectivity index (χ1n) is 2.81. The fourth-order valence-electron chi connectivity index (χ4n) is 0.529. The Hall–Kier alpha value is -0.460. The van der Waals surface area contributed by atoms with Crippen LogP contribution in [0.2, 0.25) is 4.47 Å². The minimum absolute atomic E-state index is 0.229. The predicted molar refractivity (Wildman–Crippen MR) is 46.0 cm³/mol. The van der Waals surface area contributed by atoms with Crippen molar-refractivity contribution in [1.82, 2.24) is 4.98 Å². The lowest BCUT2D eigenvalue weighted by Crippen LogP contribution is -2.09. The standard InChI is InChI=1S/C5H4ClNO3S2/c6-5-7-3(1-11-5)12(10)2-4(8)9/h1H,2H2,(H,8,9). The van der Waals surface area contributed by atoms with Gasteiger partial charge >= 0.3 is 5.97 Å². The number of aromatic nitrogens is 1. The van der Waals surface area contributed by atoms with E-state index in [1.165, 1.54) is 5.38 Å². The number of hydrogen-bond acceptors (Lipinski definition) is 4. The monoisotopic (exact) mass is 225 g/mol. The van der Waals surface area contributed by atoms with Crippen molar-refractivity contribution in [2.24, 2.45) is 0 Å². The topological polar surface area (TPSA) is 67.3 Å². The quantitative estimate of drug-likeness (QED) is 0.833. The van der Waals surface area contributed by atoms with Crippen LogP contribution in [0.3, 0.4) is 0 Å². The van der Waals surface area contributed by atoms with E-state index in [-0.39, 0.29) is 9.49 Å². The van der Waals surface area contributed by atoms with Crippen LogP contribution in [0.15, 0.2) is 10.4 Å². The molecule has 0 amide bonds. The number of thiazole rings is 1. The molecule has 1 aromatic rings. The number of carbonyl (C=O) groups is 1. The number of hydrogen-bond donors (Lipinski definition) is 1. The van der Waals surface area contributed by atoms with E-state index in [2.05, 4.69) is 4.98 Å². The maximum atomic E-state index is 11.1. The highest BCUT2D eigenvalue weighted by Crippen LogP contribution is 2.17. The van der Waals surface area contributed by atoms with Crippen LogP contribution in [-0.2, 0) is 15.6 Å². The Balaban J connectivity index is 2.72. The first kappa shape index (κ1) is 9.63. The highest BCUT2D eigenvalue weighted by Gasteiger charge is 2.11. The van der Waals surface area contributed by atoms with Gasteiger partial charge < -0.3 is 5.11 Å². The second kappa shape index (κ2) is 3.97. The normalized spacial score (nSPS) is 12.8. The summed E-state index contributed by atoms with van der Waals surface area (Å²) in [5, 5.41) is 10.0. The van der Waals surface area contributed by atoms with E-state index in [1.807, 2.05) is 0 Å². The molecule has 1 atom stereocenters. The average molecular weight is 226 g/mol. The summed E-state index contributed by atoms with van der Waals surface area (Å²) in [4.78, 5) is 13.8. The third kappa shape index (κ3) is 2.54. The zero-order valence-electron chi connectivity index (χ0n) is 5.69. The molecule has 0 saturated heterocycles. The Morgan fingerprint density at radius 3 is 2.92 bits per heavy atom. The summed E-state index contributed by atoms with van der Waals surface area (Å²) < 4.78 is 11.4. The molecule has 0 spiro atoms. The largest absolute Gasteiger partial charge is 0.481 e. The lowest BCUT2D eigenvalue weighted by Gasteiger charge is -1.90. The third-order valence-corrected chi connectivity index (χ3v) is 3.26. The maximum absolute atomic E-state index is 11.1. The van der Waals surface area contributed by atoms with Gasteiger partial charge in [0.15, 0.2) is 4.47 Å². The second-order valence-corrected chi connectivity index (χ2v) is 4.66. The zero-order chi connectivity index (χ0) is 9.14. The van der Waals surface area contributed by atoms with E-state index >= 15 is 0 Å². The first-order chi connectivity index (χ1) is 5.59. The molecule has 7 heteroatoms. The van der Waals surface area contributed by atoms with E-state index in [0.29, 0.717) is 0 Å². The van der Waals surface area contributed by atoms with E-state index in [4.69, 9.17) is 16.7 Å². The molecule has 4 nitrogen and oxygen atoms in total. The molecule has 1 rings (SSSR count). The Morgan fingerprint density at radius 1 is 1.83 bits per heavy atom. The summed E-state index contributed by atoms with van der Waals surface area (Å²) in [5.74, 6) is -1.54. The van der Waals surface area contributed by atoms with Gasteiger partial charge in [-0.3, -0.25) is 9.00 Å². The number of carboxylic acids is 1. The van der Waals surface area contributed by atoms with Crippen LogP contribution in [0, 0.1) is 0 Å². The molecule has 0 aliphatic carbocycles. The van der Waals surface area contributed by atoms with Crippen LogP contribution in [0.4, 0.5) is 0 Å². The summed E-state index contributed by atoms with van der Waals surface area (Å²) in [6.07, 6.45) is 0. The predicted octanol–water partition coefficient (Wildman–Crippen LogP) is 0.989. The summed E-state index contributed by atoms with van der Waals surface area (Å²) in [5.41, 5.74) is 0. The van der Waals surface area contributed by atoms with Crippen molar-refractivity contribution < 1.29 is 14.1 Å². The Morgan fingerprint density at radius 2 is 2.50 bits per heavy atom. The lowest BCUT2D eigenvalue weighted by molar-refractivity contribution is -0.133. The van der Waals surface area contributed by atoms with Crippen molar-refractivity contribution in [3.05, 3.63) is 9.85 Å². The third-order valence-electron chi connectivity index (χ3n) is 0.943. The zero-order valence-corrected chi connectivity index (χ0v) is 8.08. The first-order valence-corrected chi connectivity index (χ1v) is 5.38. The van der Waals surface area contributed by atoms with Crippen LogP contribution in [0.25, 0.3) is 0 Å². The van der Waals surface area contributed by atoms with E-state index in [9.17, 15) is 9.00 Å². The van der Waals surface area contributed by atoms with Crippen LogP contribution in [-0.4, -0.2) is 26.0 Å². The fraction of sp³-hybridized carbons (Fsp3) is 0.200. The summed E-state index contributed by atoms with van der Waals surface area (Å²) in [6.45, 7) is 0. The molecule has 1 aromatic heterocycles. The Kier molecular flexibility index (Phi) is 3.19. The molecule has 12 heavy (non-hydrogen) atoms. The molecule has 0 aromatic carbocycles. The van der Waals surface area contributed by atoms with E-state index < -0.39 is 22.5 Å². The fourth-order valence-corrected chi connectivity index (χ4v) is 2.40. The number of aliphatic carboxylic acids is 1. The van der Waals surface area contributed by atoms with Crippen LogP contribution < -0.4 is 0 Å². The molecule has 1 heterocycles. The van der Waals surface area contributed by atoms with Crippen molar-refractivity contribution in [1.29, 1.82) is 0 Å². The molecular formula is C5H4ClNO3S2. The number of nitrogens with zero attached hydrogens (tertiary/aromatic N) is 1. The minimum Gasteiger partial charge on any atom is -0.481 e. The summed E-state index contributed by atoms with van der Waals surface area (Å²) >= 11 is 6.59. The number of halogens is 1. The summed E-state index contributed by atoms with van der Waals surface area (Å²) in [6, 6.07) is 0. The van der Waals surface area contributed by atoms with Gasteiger partial charge in [0.05, 0.1) is 10.8 Å². The van der Waals surface area contributed by atoms with Gasteiger partial charge in [-0.15, -0.1) is 11.3 Å². The van der Waals surface area contributed by atoms with Gasteiger partial charge in [0.25, 0.3) is 0 Å². The molecule has 0 saturated carbocycles. The van der Waals surface area contributed by atoms with Crippen molar-refractivity contribution in [2.75, 3.05) is 5.75 Å². The van der Waals surface area contributed by atoms with Gasteiger partial charge in [0.2, 0.25) is 0 Å². The summed E-state index contributed by atoms with van der Waals surface area (Å²) in [7, 11) is -1.58. The van der Waals surface area contributed by atoms with E-state index in [1.54, 1.807) is 0 Å².